The SMILES string of the molecule is CCCCC1=[C-]C2=CC(CCCC)N(c3ccccc3)C2=C1.CCCCC1=[C-]C2=CC(CCCC)N(c3ccccc3)C2=C1.C[Si](C)=[Zr+2].[Cl-].[Cl-]. The zero-order valence-electron chi connectivity index (χ0n) is 31.4. The molecule has 2 atom stereocenters. The molecule has 6 heteroatoms. The van der Waals surface area contributed by atoms with Crippen molar-refractivity contribution in [1.82, 2.24) is 0 Å². The summed E-state index contributed by atoms with van der Waals surface area (Å²) in [4.78, 5) is 5.02. The summed E-state index contributed by atoms with van der Waals surface area (Å²) in [5, 5.41) is 0. The van der Waals surface area contributed by atoms with Crippen LogP contribution in [0.4, 0.5) is 11.4 Å². The van der Waals surface area contributed by atoms with Crippen LogP contribution in [-0.4, -0.2) is 17.5 Å². The van der Waals surface area contributed by atoms with E-state index in [2.05, 4.69) is 148 Å². The minimum absolute atomic E-state index is 0. The number of nitrogens with zero attached hydrogens (tertiary/aromatic N) is 2. The van der Waals surface area contributed by atoms with E-state index < -0.39 is 0 Å². The van der Waals surface area contributed by atoms with Gasteiger partial charge >= 0.3 is 41.9 Å². The Balaban J connectivity index is 0.000000303. The second-order valence-corrected chi connectivity index (χ2v) is 22.9. The third-order valence-electron chi connectivity index (χ3n) is 9.04. The number of benzene rings is 2. The largest absolute Gasteiger partial charge is 1.00 e. The summed E-state index contributed by atoms with van der Waals surface area (Å²) in [5.74, 6) is 0. The molecule has 6 rings (SSSR count). The molecule has 0 radical (unpaired) electrons. The van der Waals surface area contributed by atoms with Crippen LogP contribution in [0.2, 0.25) is 13.1 Å². The molecule has 0 bridgehead atoms. The van der Waals surface area contributed by atoms with E-state index in [1.54, 1.807) is 23.3 Å². The van der Waals surface area contributed by atoms with Gasteiger partial charge in [-0.25, -0.2) is 0 Å². The molecule has 2 aliphatic heterocycles. The Bertz CT molecular complexity index is 1410. The summed E-state index contributed by atoms with van der Waals surface area (Å²) >= 11 is 1.74. The van der Waals surface area contributed by atoms with Crippen LogP contribution in [-0.2, 0) is 23.3 Å². The maximum absolute atomic E-state index is 3.64. The number of para-hydroxylation sites is 2. The van der Waals surface area contributed by atoms with Crippen LogP contribution in [0.3, 0.4) is 0 Å². The molecule has 268 valence electrons. The van der Waals surface area contributed by atoms with Crippen LogP contribution in [0.5, 0.6) is 0 Å². The van der Waals surface area contributed by atoms with Gasteiger partial charge in [0.2, 0.25) is 0 Å². The maximum atomic E-state index is 3.64. The van der Waals surface area contributed by atoms with Gasteiger partial charge in [0.05, 0.1) is 0 Å². The third kappa shape index (κ3) is 12.7. The smallest absolute Gasteiger partial charge is 1.00 e. The number of halogens is 2. The Kier molecular flexibility index (Phi) is 21.0. The van der Waals surface area contributed by atoms with Gasteiger partial charge in [-0.3, -0.25) is 0 Å². The van der Waals surface area contributed by atoms with E-state index in [4.69, 9.17) is 0 Å². The van der Waals surface area contributed by atoms with Gasteiger partial charge in [0, 0.05) is 23.5 Å². The van der Waals surface area contributed by atoms with Gasteiger partial charge in [0.25, 0.3) is 0 Å². The zero-order valence-corrected chi connectivity index (χ0v) is 36.3. The third-order valence-corrected chi connectivity index (χ3v) is 9.04. The molecule has 50 heavy (non-hydrogen) atoms. The van der Waals surface area contributed by atoms with Gasteiger partial charge in [0.15, 0.2) is 0 Å². The molecule has 2 unspecified atom stereocenters. The second-order valence-electron chi connectivity index (χ2n) is 13.6. The van der Waals surface area contributed by atoms with Gasteiger partial charge in [-0.05, 0) is 49.9 Å². The summed E-state index contributed by atoms with van der Waals surface area (Å²) in [6.45, 7) is 13.7. The fourth-order valence-corrected chi connectivity index (χ4v) is 6.67. The topological polar surface area (TPSA) is 6.48 Å². The van der Waals surface area contributed by atoms with E-state index in [1.807, 2.05) is 0 Å². The van der Waals surface area contributed by atoms with Crippen molar-refractivity contribution < 1.29 is 48.1 Å². The summed E-state index contributed by atoms with van der Waals surface area (Å²) in [5.41, 5.74) is 10.9. The Morgan fingerprint density at radius 1 is 0.580 bits per heavy atom. The van der Waals surface area contributed by atoms with E-state index in [0.717, 1.165) is 12.8 Å². The van der Waals surface area contributed by atoms with Crippen molar-refractivity contribution in [3.63, 3.8) is 0 Å². The molecule has 0 saturated heterocycles. The number of fused-ring (bicyclic) bond motifs is 2. The van der Waals surface area contributed by atoms with Crippen molar-refractivity contribution in [1.29, 1.82) is 0 Å². The summed E-state index contributed by atoms with van der Waals surface area (Å²) < 4.78 is 0. The first-order chi connectivity index (χ1) is 23.4. The normalized spacial score (nSPS) is 18.0. The summed E-state index contributed by atoms with van der Waals surface area (Å²) in [7, 11) is 0. The molecule has 2 aliphatic carbocycles. The van der Waals surface area contributed by atoms with Crippen LogP contribution < -0.4 is 34.6 Å². The van der Waals surface area contributed by atoms with Crippen LogP contribution in [0.15, 0.2) is 119 Å². The molecule has 4 aliphatic rings. The molecule has 0 saturated carbocycles. The van der Waals surface area contributed by atoms with E-state index in [-0.39, 0.29) is 30.2 Å². The maximum Gasteiger partial charge on any atom is -1.00 e. The zero-order chi connectivity index (χ0) is 34.3. The van der Waals surface area contributed by atoms with Crippen molar-refractivity contribution in [2.24, 2.45) is 0 Å². The van der Waals surface area contributed by atoms with Crippen molar-refractivity contribution in [3.05, 3.63) is 131 Å². The van der Waals surface area contributed by atoms with E-state index in [1.165, 1.54) is 109 Å². The first-order valence-corrected chi connectivity index (χ1v) is 24.9. The van der Waals surface area contributed by atoms with Crippen molar-refractivity contribution in [2.75, 3.05) is 9.80 Å². The van der Waals surface area contributed by atoms with Crippen molar-refractivity contribution >= 4 is 16.8 Å². The van der Waals surface area contributed by atoms with Gasteiger partial charge < -0.3 is 34.6 Å². The predicted molar refractivity (Wildman–Crippen MR) is 207 cm³/mol. The molecule has 0 N–H and O–H groups in total. The fourth-order valence-electron chi connectivity index (χ4n) is 6.67. The van der Waals surface area contributed by atoms with Crippen LogP contribution >= 0.6 is 0 Å². The molecule has 2 nitrogen and oxygen atoms in total. The molecule has 2 aromatic rings. The van der Waals surface area contributed by atoms with Crippen LogP contribution in [0.1, 0.15) is 105 Å². The van der Waals surface area contributed by atoms with Gasteiger partial charge in [-0.1, -0.05) is 127 Å². The Morgan fingerprint density at radius 3 is 1.24 bits per heavy atom. The fraction of sp³-hybridized carbons (Fsp3) is 0.455. The number of allylic oxidation sites excluding steroid dienone is 6. The van der Waals surface area contributed by atoms with E-state index >= 15 is 0 Å². The number of hydrogen-bond donors (Lipinski definition) is 0. The average Bonchev–Trinajstić information content (AvgIpc) is 3.84. The Hall–Kier alpha value is -1.84. The minimum atomic E-state index is 0. The molecular weight excluding hydrogens is 747 g/mol. The molecule has 0 spiro atoms. The Morgan fingerprint density at radius 2 is 0.920 bits per heavy atom. The monoisotopic (exact) mass is 802 g/mol. The summed E-state index contributed by atoms with van der Waals surface area (Å²) in [6.07, 6.45) is 31.6. The first kappa shape index (κ1) is 44.3. The predicted octanol–water partition coefficient (Wildman–Crippen LogP) is 6.41. The van der Waals surface area contributed by atoms with Gasteiger partial charge in [0.1, 0.15) is 0 Å². The minimum Gasteiger partial charge on any atom is -1.00 e. The molecular formula is C44H58Cl2N2SiZr-2. The summed E-state index contributed by atoms with van der Waals surface area (Å²) in [6, 6.07) is 22.6. The van der Waals surface area contributed by atoms with Crippen LogP contribution in [0.25, 0.3) is 0 Å². The molecule has 0 aromatic heterocycles. The van der Waals surface area contributed by atoms with Crippen LogP contribution in [0, 0.1) is 12.2 Å². The van der Waals surface area contributed by atoms with Gasteiger partial charge in [-0.2, -0.15) is 0 Å². The second kappa shape index (κ2) is 23.7. The first-order valence-electron chi connectivity index (χ1n) is 18.7. The average molecular weight is 805 g/mol. The number of hydrogen-bond acceptors (Lipinski definition) is 2. The van der Waals surface area contributed by atoms with E-state index in [0.29, 0.717) is 12.1 Å². The molecule has 2 aromatic carbocycles. The van der Waals surface area contributed by atoms with Crippen molar-refractivity contribution in [2.45, 2.75) is 130 Å². The number of unbranched alkanes of at least 4 members (excludes halogenated alkanes) is 4. The van der Waals surface area contributed by atoms with Crippen molar-refractivity contribution in [3.8, 4) is 0 Å². The molecule has 0 fully saturated rings. The molecule has 0 amide bonds. The quantitative estimate of drug-likeness (QED) is 0.161. The molecule has 2 heterocycles. The standard InChI is InChI=1S/2C21H26N.C2H6Si.2ClH.Zr/c2*1-3-5-10-17-14-18-16-20(11-6-4-2)22(21(18)15-17)19-12-8-7-9-13-19;1-3-2;;;/h2*7-9,12-13,15-16,20H,3-6,10-11H2,1-2H3;1-2H3;2*1H;/q2*-1;;;;+2/p-2. The Labute approximate surface area is 333 Å². The van der Waals surface area contributed by atoms with Gasteiger partial charge in [-0.15, -0.1) is 58.7 Å². The number of rotatable bonds is 14. The van der Waals surface area contributed by atoms with E-state index in [9.17, 15) is 0 Å². The number of anilines is 2.